The van der Waals surface area contributed by atoms with Gasteiger partial charge in [-0.05, 0) is 0 Å². The molecule has 1 radical (unpaired) electrons. The van der Waals surface area contributed by atoms with Crippen LogP contribution in [-0.2, 0) is 23.4 Å². The summed E-state index contributed by atoms with van der Waals surface area (Å²) >= 11 is 0. The van der Waals surface area contributed by atoms with E-state index in [1.165, 1.54) is 0 Å². The van der Waals surface area contributed by atoms with Crippen LogP contribution in [0.4, 0.5) is 0 Å². The number of carboxylic acid groups (broad SMARTS) is 1. The zero-order valence-electron chi connectivity index (χ0n) is 4.11. The monoisotopic (exact) mass is 156 g/mol. The van der Waals surface area contributed by atoms with Crippen molar-refractivity contribution in [1.82, 2.24) is 0 Å². The van der Waals surface area contributed by atoms with E-state index in [4.69, 9.17) is 15.9 Å². The minimum absolute atomic E-state index is 0. The van der Waals surface area contributed by atoms with Crippen LogP contribution >= 0.6 is 0 Å². The molecule has 0 bridgehead atoms. The van der Waals surface area contributed by atoms with Crippen molar-refractivity contribution in [2.75, 3.05) is 6.61 Å². The van der Waals surface area contributed by atoms with E-state index in [2.05, 4.69) is 0 Å². The van der Waals surface area contributed by atoms with Gasteiger partial charge in [0, 0.05) is 18.6 Å². The second kappa shape index (κ2) is 5.12. The predicted octanol–water partition coefficient (Wildman–Crippen LogP) is -1.61. The third-order valence-electron chi connectivity index (χ3n) is 0.514. The molecule has 0 heterocycles. The van der Waals surface area contributed by atoms with Crippen LogP contribution in [0, 0.1) is 0 Å². The van der Waals surface area contributed by atoms with Gasteiger partial charge in [-0.25, -0.2) is 0 Å². The van der Waals surface area contributed by atoms with Crippen LogP contribution in [-0.4, -0.2) is 28.8 Å². The van der Waals surface area contributed by atoms with Gasteiger partial charge in [-0.3, -0.25) is 4.79 Å². The van der Waals surface area contributed by atoms with E-state index in [0.717, 1.165) is 0 Å². The molecular formula is C3H7NO3V. The number of hydrogen-bond acceptors (Lipinski definition) is 3. The first-order valence-corrected chi connectivity index (χ1v) is 1.77. The fourth-order valence-electron chi connectivity index (χ4n) is 0.0781. The van der Waals surface area contributed by atoms with E-state index in [9.17, 15) is 4.79 Å². The molecule has 0 aromatic rings. The topological polar surface area (TPSA) is 83.5 Å². The van der Waals surface area contributed by atoms with Crippen LogP contribution in [0.15, 0.2) is 0 Å². The van der Waals surface area contributed by atoms with Crippen molar-refractivity contribution in [3.63, 3.8) is 0 Å². The first-order chi connectivity index (χ1) is 3.18. The summed E-state index contributed by atoms with van der Waals surface area (Å²) in [6.45, 7) is -0.505. The molecule has 0 aromatic carbocycles. The van der Waals surface area contributed by atoms with E-state index >= 15 is 0 Å². The molecule has 0 aliphatic heterocycles. The van der Waals surface area contributed by atoms with Gasteiger partial charge in [0.15, 0.2) is 0 Å². The van der Waals surface area contributed by atoms with Gasteiger partial charge in [0.25, 0.3) is 0 Å². The Morgan fingerprint density at radius 3 is 2.12 bits per heavy atom. The van der Waals surface area contributed by atoms with Crippen LogP contribution in [0.2, 0.25) is 0 Å². The quantitative estimate of drug-likeness (QED) is 0.449. The minimum Gasteiger partial charge on any atom is -0.480 e. The first-order valence-electron chi connectivity index (χ1n) is 1.77. The van der Waals surface area contributed by atoms with Gasteiger partial charge in [-0.15, -0.1) is 0 Å². The molecule has 47 valence electrons. The Hall–Kier alpha value is -0.0256. The second-order valence-electron chi connectivity index (χ2n) is 1.13. The summed E-state index contributed by atoms with van der Waals surface area (Å²) in [6, 6.07) is -1.13. The van der Waals surface area contributed by atoms with E-state index in [1.807, 2.05) is 0 Å². The maximum absolute atomic E-state index is 9.65. The van der Waals surface area contributed by atoms with E-state index in [1.54, 1.807) is 0 Å². The zero-order chi connectivity index (χ0) is 5.86. The summed E-state index contributed by atoms with van der Waals surface area (Å²) < 4.78 is 0. The van der Waals surface area contributed by atoms with Crippen molar-refractivity contribution in [3.8, 4) is 0 Å². The van der Waals surface area contributed by atoms with Crippen molar-refractivity contribution in [2.24, 2.45) is 5.73 Å². The maximum atomic E-state index is 9.65. The molecule has 0 fully saturated rings. The van der Waals surface area contributed by atoms with Crippen molar-refractivity contribution < 1.29 is 33.6 Å². The number of carboxylic acids is 1. The van der Waals surface area contributed by atoms with Gasteiger partial charge in [0.2, 0.25) is 0 Å². The van der Waals surface area contributed by atoms with Crippen LogP contribution in [0.1, 0.15) is 0 Å². The number of rotatable bonds is 2. The molecule has 1 atom stereocenters. The molecule has 0 saturated heterocycles. The molecule has 0 aromatic heterocycles. The Kier molecular flexibility index (Phi) is 6.95. The number of hydrogen-bond donors (Lipinski definition) is 3. The van der Waals surface area contributed by atoms with Crippen LogP contribution < -0.4 is 5.73 Å². The molecule has 4 N–H and O–H groups in total. The molecule has 0 saturated carbocycles. The molecule has 8 heavy (non-hydrogen) atoms. The van der Waals surface area contributed by atoms with Gasteiger partial charge in [-0.1, -0.05) is 0 Å². The summed E-state index contributed by atoms with van der Waals surface area (Å²) in [4.78, 5) is 9.65. The molecule has 0 rings (SSSR count). The fourth-order valence-corrected chi connectivity index (χ4v) is 0.0781. The first kappa shape index (κ1) is 10.9. The smallest absolute Gasteiger partial charge is 0.322 e. The number of aliphatic carboxylic acids is 1. The van der Waals surface area contributed by atoms with Gasteiger partial charge in [0.1, 0.15) is 6.04 Å². The summed E-state index contributed by atoms with van der Waals surface area (Å²) in [5, 5.41) is 15.9. The SMILES string of the molecule is N[C@@H](CO)C(=O)O.[V]. The summed E-state index contributed by atoms with van der Waals surface area (Å²) in [7, 11) is 0. The van der Waals surface area contributed by atoms with E-state index in [0.29, 0.717) is 0 Å². The van der Waals surface area contributed by atoms with Crippen molar-refractivity contribution >= 4 is 5.97 Å². The fraction of sp³-hybridized carbons (Fsp3) is 0.667. The molecule has 0 amide bonds. The Balaban J connectivity index is 0. The number of nitrogens with two attached hydrogens (primary N) is 1. The number of carbonyl (C=O) groups is 1. The van der Waals surface area contributed by atoms with Gasteiger partial charge in [0.05, 0.1) is 6.61 Å². The molecule has 4 nitrogen and oxygen atoms in total. The third-order valence-corrected chi connectivity index (χ3v) is 0.514. The summed E-state index contributed by atoms with van der Waals surface area (Å²) in [6.07, 6.45) is 0. The Labute approximate surface area is 58.6 Å². The Bertz CT molecular complexity index is 76.9. The average Bonchev–Trinajstić information content (AvgIpc) is 1.65. The van der Waals surface area contributed by atoms with E-state index < -0.39 is 18.6 Å². The second-order valence-corrected chi connectivity index (χ2v) is 1.13. The molecular weight excluding hydrogens is 149 g/mol. The molecule has 0 aliphatic carbocycles. The largest absolute Gasteiger partial charge is 0.480 e. The van der Waals surface area contributed by atoms with Crippen LogP contribution in [0.25, 0.3) is 0 Å². The van der Waals surface area contributed by atoms with Crippen molar-refractivity contribution in [2.45, 2.75) is 6.04 Å². The van der Waals surface area contributed by atoms with E-state index in [-0.39, 0.29) is 18.6 Å². The number of aliphatic hydroxyl groups is 1. The Morgan fingerprint density at radius 2 is 2.12 bits per heavy atom. The maximum Gasteiger partial charge on any atom is 0.322 e. The summed E-state index contributed by atoms with van der Waals surface area (Å²) in [5.41, 5.74) is 4.77. The average molecular weight is 156 g/mol. The summed E-state index contributed by atoms with van der Waals surface area (Å²) in [5.74, 6) is -1.18. The van der Waals surface area contributed by atoms with Crippen LogP contribution in [0.5, 0.6) is 0 Å². The van der Waals surface area contributed by atoms with Gasteiger partial charge < -0.3 is 15.9 Å². The molecule has 0 unspecified atom stereocenters. The predicted molar refractivity (Wildman–Crippen MR) is 22.7 cm³/mol. The third kappa shape index (κ3) is 4.14. The molecule has 0 spiro atoms. The van der Waals surface area contributed by atoms with Crippen LogP contribution in [0.3, 0.4) is 0 Å². The van der Waals surface area contributed by atoms with Gasteiger partial charge >= 0.3 is 5.97 Å². The zero-order valence-corrected chi connectivity index (χ0v) is 5.51. The van der Waals surface area contributed by atoms with Gasteiger partial charge in [-0.2, -0.15) is 0 Å². The molecule has 5 heteroatoms. The normalized spacial score (nSPS) is 11.8. The molecule has 0 aliphatic rings. The Morgan fingerprint density at radius 1 is 1.75 bits per heavy atom. The minimum atomic E-state index is -1.18. The van der Waals surface area contributed by atoms with Crippen molar-refractivity contribution in [3.05, 3.63) is 0 Å². The standard InChI is InChI=1S/C3H7NO3.V/c4-2(1-5)3(6)7;/h2,5H,1,4H2,(H,6,7);/t2-;/m0./s1. The number of aliphatic hydroxyl groups excluding tert-OH is 1. The van der Waals surface area contributed by atoms with Crippen molar-refractivity contribution in [1.29, 1.82) is 0 Å².